The number of hydrogen-bond donors (Lipinski definition) is 1. The van der Waals surface area contributed by atoms with E-state index in [0.29, 0.717) is 17.1 Å². The summed E-state index contributed by atoms with van der Waals surface area (Å²) in [4.78, 5) is 0. The molecular formula is C11H12O3. The Kier molecular flexibility index (Phi) is 3.84. The Labute approximate surface area is 83.3 Å². The maximum atomic E-state index is 9.05. The van der Waals surface area contributed by atoms with Crippen LogP contribution in [-0.2, 0) is 6.61 Å². The first-order chi connectivity index (χ1) is 6.81. The van der Waals surface area contributed by atoms with Gasteiger partial charge in [0.2, 0.25) is 0 Å². The Morgan fingerprint density at radius 1 is 1.50 bits per heavy atom. The molecule has 1 rings (SSSR count). The third-order valence-corrected chi connectivity index (χ3v) is 1.75. The maximum absolute atomic E-state index is 9.05. The molecule has 0 radical (unpaired) electrons. The van der Waals surface area contributed by atoms with Gasteiger partial charge in [0.15, 0.2) is 0 Å². The molecule has 1 aromatic rings. The van der Waals surface area contributed by atoms with Gasteiger partial charge in [-0.15, -0.1) is 6.42 Å². The first-order valence-electron chi connectivity index (χ1n) is 4.16. The quantitative estimate of drug-likeness (QED) is 0.728. The molecule has 0 saturated carbocycles. The van der Waals surface area contributed by atoms with E-state index >= 15 is 0 Å². The van der Waals surface area contributed by atoms with E-state index in [-0.39, 0.29) is 13.2 Å². The van der Waals surface area contributed by atoms with Crippen LogP contribution >= 0.6 is 0 Å². The lowest BCUT2D eigenvalue weighted by Gasteiger charge is -2.09. The van der Waals surface area contributed by atoms with Crippen LogP contribution in [0.1, 0.15) is 5.56 Å². The van der Waals surface area contributed by atoms with Crippen LogP contribution in [0.3, 0.4) is 0 Å². The van der Waals surface area contributed by atoms with Crippen molar-refractivity contribution in [1.82, 2.24) is 0 Å². The van der Waals surface area contributed by atoms with Gasteiger partial charge in [0.05, 0.1) is 13.7 Å². The highest BCUT2D eigenvalue weighted by Gasteiger charge is 2.03. The van der Waals surface area contributed by atoms with E-state index in [0.717, 1.165) is 0 Å². The summed E-state index contributed by atoms with van der Waals surface area (Å²) in [6.45, 7) is 0.0937. The van der Waals surface area contributed by atoms with E-state index in [4.69, 9.17) is 21.0 Å². The summed E-state index contributed by atoms with van der Waals surface area (Å²) in [6.07, 6.45) is 5.06. The predicted octanol–water partition coefficient (Wildman–Crippen LogP) is 1.20. The number of benzene rings is 1. The topological polar surface area (TPSA) is 38.7 Å². The van der Waals surface area contributed by atoms with E-state index in [1.165, 1.54) is 0 Å². The van der Waals surface area contributed by atoms with Crippen molar-refractivity contribution in [2.24, 2.45) is 0 Å². The van der Waals surface area contributed by atoms with Gasteiger partial charge in [-0.2, -0.15) is 0 Å². The average Bonchev–Trinajstić information content (AvgIpc) is 2.26. The average molecular weight is 192 g/mol. The summed E-state index contributed by atoms with van der Waals surface area (Å²) in [5.74, 6) is 3.63. The molecule has 0 aromatic heterocycles. The number of terminal acetylenes is 1. The lowest BCUT2D eigenvalue weighted by atomic mass is 10.2. The van der Waals surface area contributed by atoms with Crippen LogP contribution < -0.4 is 9.47 Å². The minimum absolute atomic E-state index is 0.100. The van der Waals surface area contributed by atoms with Gasteiger partial charge in [0, 0.05) is 5.56 Å². The van der Waals surface area contributed by atoms with Crippen molar-refractivity contribution in [3.05, 3.63) is 23.8 Å². The summed E-state index contributed by atoms with van der Waals surface area (Å²) in [5.41, 5.74) is 0.666. The Morgan fingerprint density at radius 2 is 2.29 bits per heavy atom. The lowest BCUT2D eigenvalue weighted by Crippen LogP contribution is -1.98. The molecule has 1 aromatic carbocycles. The molecule has 0 amide bonds. The number of aliphatic hydroxyl groups excluding tert-OH is 1. The minimum atomic E-state index is -0.100. The van der Waals surface area contributed by atoms with Crippen molar-refractivity contribution in [3.8, 4) is 23.8 Å². The van der Waals surface area contributed by atoms with Gasteiger partial charge in [0.25, 0.3) is 0 Å². The smallest absolute Gasteiger partial charge is 0.148 e. The molecule has 14 heavy (non-hydrogen) atoms. The van der Waals surface area contributed by atoms with Gasteiger partial charge in [-0.3, -0.25) is 0 Å². The molecule has 74 valence electrons. The minimum Gasteiger partial charge on any atom is -0.497 e. The van der Waals surface area contributed by atoms with Crippen molar-refractivity contribution >= 4 is 0 Å². The predicted molar refractivity (Wildman–Crippen MR) is 53.2 cm³/mol. The fourth-order valence-electron chi connectivity index (χ4n) is 1.07. The van der Waals surface area contributed by atoms with Gasteiger partial charge < -0.3 is 14.6 Å². The third kappa shape index (κ3) is 2.41. The SMILES string of the molecule is C#CCOc1ccc(OC)cc1CO. The van der Waals surface area contributed by atoms with Crippen molar-refractivity contribution in [2.75, 3.05) is 13.7 Å². The molecule has 0 unspecified atom stereocenters. The Bertz CT molecular complexity index is 339. The van der Waals surface area contributed by atoms with Crippen LogP contribution in [0, 0.1) is 12.3 Å². The van der Waals surface area contributed by atoms with E-state index in [1.807, 2.05) is 0 Å². The van der Waals surface area contributed by atoms with Gasteiger partial charge in [-0.25, -0.2) is 0 Å². The van der Waals surface area contributed by atoms with E-state index in [2.05, 4.69) is 5.92 Å². The molecule has 0 atom stereocenters. The standard InChI is InChI=1S/C11H12O3/c1-3-6-14-11-5-4-10(13-2)7-9(11)8-12/h1,4-5,7,12H,6,8H2,2H3. The summed E-state index contributed by atoms with van der Waals surface area (Å²) in [6, 6.07) is 5.19. The second-order valence-electron chi connectivity index (χ2n) is 2.62. The monoisotopic (exact) mass is 192 g/mol. The second-order valence-corrected chi connectivity index (χ2v) is 2.62. The summed E-state index contributed by atoms with van der Waals surface area (Å²) >= 11 is 0. The van der Waals surface area contributed by atoms with Crippen LogP contribution in [0.5, 0.6) is 11.5 Å². The fourth-order valence-corrected chi connectivity index (χ4v) is 1.07. The summed E-state index contributed by atoms with van der Waals surface area (Å²) in [7, 11) is 1.57. The molecule has 0 aliphatic heterocycles. The molecule has 0 spiro atoms. The maximum Gasteiger partial charge on any atom is 0.148 e. The third-order valence-electron chi connectivity index (χ3n) is 1.75. The normalized spacial score (nSPS) is 9.21. The largest absolute Gasteiger partial charge is 0.497 e. The van der Waals surface area contributed by atoms with Crippen LogP contribution in [-0.4, -0.2) is 18.8 Å². The zero-order valence-corrected chi connectivity index (χ0v) is 7.99. The van der Waals surface area contributed by atoms with Crippen LogP contribution in [0.15, 0.2) is 18.2 Å². The molecule has 3 nitrogen and oxygen atoms in total. The highest BCUT2D eigenvalue weighted by atomic mass is 16.5. The molecule has 0 aliphatic rings. The van der Waals surface area contributed by atoms with Crippen LogP contribution in [0.4, 0.5) is 0 Å². The number of hydrogen-bond acceptors (Lipinski definition) is 3. The Balaban J connectivity index is 2.88. The molecule has 0 aliphatic carbocycles. The van der Waals surface area contributed by atoms with Gasteiger partial charge in [-0.05, 0) is 18.2 Å². The molecule has 1 N–H and O–H groups in total. The highest BCUT2D eigenvalue weighted by molar-refractivity contribution is 5.40. The molecule has 0 fully saturated rings. The number of ether oxygens (including phenoxy) is 2. The summed E-state index contributed by atoms with van der Waals surface area (Å²) in [5, 5.41) is 9.05. The van der Waals surface area contributed by atoms with Gasteiger partial charge in [0.1, 0.15) is 18.1 Å². The molecule has 3 heteroatoms. The van der Waals surface area contributed by atoms with E-state index in [1.54, 1.807) is 25.3 Å². The zero-order chi connectivity index (χ0) is 10.4. The fraction of sp³-hybridized carbons (Fsp3) is 0.273. The zero-order valence-electron chi connectivity index (χ0n) is 7.99. The van der Waals surface area contributed by atoms with Crippen LogP contribution in [0.2, 0.25) is 0 Å². The Hall–Kier alpha value is -1.66. The number of methoxy groups -OCH3 is 1. The molecule has 0 bridgehead atoms. The second kappa shape index (κ2) is 5.15. The van der Waals surface area contributed by atoms with E-state index in [9.17, 15) is 0 Å². The molecule has 0 heterocycles. The summed E-state index contributed by atoms with van der Waals surface area (Å²) < 4.78 is 10.2. The van der Waals surface area contributed by atoms with Crippen molar-refractivity contribution < 1.29 is 14.6 Å². The highest BCUT2D eigenvalue weighted by Crippen LogP contribution is 2.23. The first-order valence-corrected chi connectivity index (χ1v) is 4.16. The van der Waals surface area contributed by atoms with E-state index < -0.39 is 0 Å². The van der Waals surface area contributed by atoms with Crippen molar-refractivity contribution in [3.63, 3.8) is 0 Å². The van der Waals surface area contributed by atoms with Gasteiger partial charge >= 0.3 is 0 Å². The number of aliphatic hydroxyl groups is 1. The van der Waals surface area contributed by atoms with Crippen molar-refractivity contribution in [1.29, 1.82) is 0 Å². The lowest BCUT2D eigenvalue weighted by molar-refractivity contribution is 0.269. The first kappa shape index (κ1) is 10.4. The Morgan fingerprint density at radius 3 is 2.86 bits per heavy atom. The number of rotatable bonds is 4. The van der Waals surface area contributed by atoms with Crippen molar-refractivity contribution in [2.45, 2.75) is 6.61 Å². The molecular weight excluding hydrogens is 180 g/mol. The van der Waals surface area contributed by atoms with Gasteiger partial charge in [-0.1, -0.05) is 5.92 Å². The molecule has 0 saturated heterocycles. The van der Waals surface area contributed by atoms with Crippen LogP contribution in [0.25, 0.3) is 0 Å².